The summed E-state index contributed by atoms with van der Waals surface area (Å²) in [7, 11) is 1.64. The minimum Gasteiger partial charge on any atom is -0.481 e. The molecule has 0 bridgehead atoms. The predicted octanol–water partition coefficient (Wildman–Crippen LogP) is 4.10. The summed E-state index contributed by atoms with van der Waals surface area (Å²) in [4.78, 5) is 4.26. The van der Waals surface area contributed by atoms with Crippen molar-refractivity contribution in [1.82, 2.24) is 4.98 Å². The summed E-state index contributed by atoms with van der Waals surface area (Å²) < 4.78 is 4.99. The molecule has 0 fully saturated rings. The molecule has 0 aliphatic heterocycles. The molecule has 2 heteroatoms. The summed E-state index contributed by atoms with van der Waals surface area (Å²) in [6.07, 6.45) is 2.15. The van der Waals surface area contributed by atoms with Crippen LogP contribution in [0.3, 0.4) is 0 Å². The molecule has 88 valence electrons. The second kappa shape index (κ2) is 12.9. The van der Waals surface area contributed by atoms with Gasteiger partial charge in [0.25, 0.3) is 0 Å². The van der Waals surface area contributed by atoms with Gasteiger partial charge in [0, 0.05) is 11.8 Å². The highest BCUT2D eigenvalue weighted by atomic mass is 16.5. The minimum atomic E-state index is 0.705. The molecular formula is C13H25NO. The maximum atomic E-state index is 4.99. The first kappa shape index (κ1) is 16.4. The minimum absolute atomic E-state index is 0.705. The van der Waals surface area contributed by atoms with Crippen LogP contribution in [0, 0.1) is 0 Å². The zero-order valence-corrected chi connectivity index (χ0v) is 11.0. The lowest BCUT2D eigenvalue weighted by Gasteiger charge is -2.00. The molecule has 0 aliphatic carbocycles. The van der Waals surface area contributed by atoms with E-state index in [2.05, 4.69) is 11.9 Å². The SMILES string of the molecule is CC.CC.CCCc1cccc(OC)n1. The van der Waals surface area contributed by atoms with E-state index in [0.717, 1.165) is 18.5 Å². The van der Waals surface area contributed by atoms with E-state index in [1.54, 1.807) is 7.11 Å². The number of rotatable bonds is 3. The normalized spacial score (nSPS) is 7.87. The van der Waals surface area contributed by atoms with Gasteiger partial charge in [-0.3, -0.25) is 0 Å². The largest absolute Gasteiger partial charge is 0.481 e. The molecule has 0 amide bonds. The number of pyridine rings is 1. The van der Waals surface area contributed by atoms with Crippen LogP contribution in [0.5, 0.6) is 5.88 Å². The summed E-state index contributed by atoms with van der Waals surface area (Å²) >= 11 is 0. The van der Waals surface area contributed by atoms with E-state index in [1.807, 2.05) is 45.9 Å². The first-order chi connectivity index (χ1) is 7.36. The van der Waals surface area contributed by atoms with Gasteiger partial charge in [0.1, 0.15) is 0 Å². The molecule has 0 unspecified atom stereocenters. The Bertz CT molecular complexity index is 224. The Kier molecular flexibility index (Phi) is 14.1. The quantitative estimate of drug-likeness (QED) is 0.751. The van der Waals surface area contributed by atoms with E-state index in [9.17, 15) is 0 Å². The van der Waals surface area contributed by atoms with E-state index < -0.39 is 0 Å². The van der Waals surface area contributed by atoms with Gasteiger partial charge < -0.3 is 4.74 Å². The third kappa shape index (κ3) is 7.98. The first-order valence-electron chi connectivity index (χ1n) is 5.86. The molecule has 0 atom stereocenters. The third-order valence-electron chi connectivity index (χ3n) is 1.50. The molecular weight excluding hydrogens is 186 g/mol. The Morgan fingerprint density at radius 2 is 1.73 bits per heavy atom. The fourth-order valence-electron chi connectivity index (χ4n) is 0.967. The van der Waals surface area contributed by atoms with Crippen molar-refractivity contribution in [2.75, 3.05) is 7.11 Å². The fourth-order valence-corrected chi connectivity index (χ4v) is 0.967. The summed E-state index contributed by atoms with van der Waals surface area (Å²) in [6, 6.07) is 5.85. The second-order valence-electron chi connectivity index (χ2n) is 2.42. The maximum absolute atomic E-state index is 4.99. The topological polar surface area (TPSA) is 22.1 Å². The molecule has 0 aromatic carbocycles. The number of ether oxygens (including phenoxy) is 1. The smallest absolute Gasteiger partial charge is 0.213 e. The van der Waals surface area contributed by atoms with Gasteiger partial charge in [0.15, 0.2) is 0 Å². The van der Waals surface area contributed by atoms with Crippen LogP contribution in [0.25, 0.3) is 0 Å². The van der Waals surface area contributed by atoms with Gasteiger partial charge in [-0.25, -0.2) is 4.98 Å². The van der Waals surface area contributed by atoms with Gasteiger partial charge in [-0.2, -0.15) is 0 Å². The average molecular weight is 211 g/mol. The van der Waals surface area contributed by atoms with Gasteiger partial charge in [-0.15, -0.1) is 0 Å². The standard InChI is InChI=1S/C9H13NO.2C2H6/c1-3-5-8-6-4-7-9(10-8)11-2;2*1-2/h4,6-7H,3,5H2,1-2H3;2*1-2H3. The fraction of sp³-hybridized carbons (Fsp3) is 0.615. The lowest BCUT2D eigenvalue weighted by Crippen LogP contribution is -1.92. The van der Waals surface area contributed by atoms with Gasteiger partial charge in [-0.1, -0.05) is 47.1 Å². The molecule has 0 aliphatic rings. The van der Waals surface area contributed by atoms with Crippen LogP contribution in [-0.2, 0) is 6.42 Å². The van der Waals surface area contributed by atoms with E-state index in [4.69, 9.17) is 4.74 Å². The van der Waals surface area contributed by atoms with Crippen molar-refractivity contribution in [2.24, 2.45) is 0 Å². The van der Waals surface area contributed by atoms with Crippen molar-refractivity contribution in [3.05, 3.63) is 23.9 Å². The number of aromatic nitrogens is 1. The molecule has 2 nitrogen and oxygen atoms in total. The van der Waals surface area contributed by atoms with Crippen LogP contribution in [-0.4, -0.2) is 12.1 Å². The molecule has 0 saturated carbocycles. The lowest BCUT2D eigenvalue weighted by molar-refractivity contribution is 0.396. The molecule has 0 N–H and O–H groups in total. The van der Waals surface area contributed by atoms with Crippen LogP contribution >= 0.6 is 0 Å². The molecule has 0 radical (unpaired) electrons. The second-order valence-corrected chi connectivity index (χ2v) is 2.42. The maximum Gasteiger partial charge on any atom is 0.213 e. The van der Waals surface area contributed by atoms with E-state index in [-0.39, 0.29) is 0 Å². The first-order valence-corrected chi connectivity index (χ1v) is 5.86. The van der Waals surface area contributed by atoms with Gasteiger partial charge in [0.05, 0.1) is 7.11 Å². The molecule has 1 rings (SSSR count). The molecule has 15 heavy (non-hydrogen) atoms. The molecule has 1 heterocycles. The Balaban J connectivity index is 0. The van der Waals surface area contributed by atoms with E-state index in [1.165, 1.54) is 0 Å². The number of aryl methyl sites for hydroxylation is 1. The lowest BCUT2D eigenvalue weighted by atomic mass is 10.2. The number of methoxy groups -OCH3 is 1. The van der Waals surface area contributed by atoms with E-state index in [0.29, 0.717) is 5.88 Å². The Morgan fingerprint density at radius 3 is 2.20 bits per heavy atom. The molecule has 0 saturated heterocycles. The van der Waals surface area contributed by atoms with Crippen LogP contribution in [0.4, 0.5) is 0 Å². The highest BCUT2D eigenvalue weighted by Gasteiger charge is 1.94. The highest BCUT2D eigenvalue weighted by Crippen LogP contribution is 2.07. The van der Waals surface area contributed by atoms with Crippen molar-refractivity contribution in [3.8, 4) is 5.88 Å². The number of nitrogens with zero attached hydrogens (tertiary/aromatic N) is 1. The average Bonchev–Trinajstić information content (AvgIpc) is 2.35. The van der Waals surface area contributed by atoms with Crippen molar-refractivity contribution in [2.45, 2.75) is 47.5 Å². The Labute approximate surface area is 94.7 Å². The number of hydrogen-bond donors (Lipinski definition) is 0. The highest BCUT2D eigenvalue weighted by molar-refractivity contribution is 5.15. The van der Waals surface area contributed by atoms with Gasteiger partial charge in [-0.05, 0) is 12.5 Å². The van der Waals surface area contributed by atoms with Crippen LogP contribution < -0.4 is 4.74 Å². The Morgan fingerprint density at radius 1 is 1.13 bits per heavy atom. The molecule has 1 aromatic heterocycles. The van der Waals surface area contributed by atoms with Crippen LogP contribution in [0.1, 0.15) is 46.7 Å². The summed E-state index contributed by atoms with van der Waals surface area (Å²) in [5.74, 6) is 0.705. The predicted molar refractivity (Wildman–Crippen MR) is 67.5 cm³/mol. The van der Waals surface area contributed by atoms with Crippen molar-refractivity contribution in [1.29, 1.82) is 0 Å². The van der Waals surface area contributed by atoms with Crippen molar-refractivity contribution in [3.63, 3.8) is 0 Å². The third-order valence-corrected chi connectivity index (χ3v) is 1.50. The summed E-state index contributed by atoms with van der Waals surface area (Å²) in [5, 5.41) is 0. The van der Waals surface area contributed by atoms with Gasteiger partial charge in [0.2, 0.25) is 5.88 Å². The number of hydrogen-bond acceptors (Lipinski definition) is 2. The van der Waals surface area contributed by atoms with Crippen molar-refractivity contribution < 1.29 is 4.74 Å². The summed E-state index contributed by atoms with van der Waals surface area (Å²) in [6.45, 7) is 10.1. The Hall–Kier alpha value is -1.05. The monoisotopic (exact) mass is 211 g/mol. The van der Waals surface area contributed by atoms with Crippen LogP contribution in [0.15, 0.2) is 18.2 Å². The van der Waals surface area contributed by atoms with Gasteiger partial charge >= 0.3 is 0 Å². The van der Waals surface area contributed by atoms with Crippen molar-refractivity contribution >= 4 is 0 Å². The zero-order valence-electron chi connectivity index (χ0n) is 11.0. The van der Waals surface area contributed by atoms with E-state index >= 15 is 0 Å². The molecule has 1 aromatic rings. The summed E-state index contributed by atoms with van der Waals surface area (Å²) in [5.41, 5.74) is 1.10. The molecule has 0 spiro atoms. The van der Waals surface area contributed by atoms with Crippen LogP contribution in [0.2, 0.25) is 0 Å². The zero-order chi connectivity index (χ0) is 12.1.